The predicted molar refractivity (Wildman–Crippen MR) is 93.6 cm³/mol. The third kappa shape index (κ3) is 3.03. The molecule has 4 bridgehead atoms. The van der Waals surface area contributed by atoms with Crippen LogP contribution in [0, 0.1) is 23.2 Å². The summed E-state index contributed by atoms with van der Waals surface area (Å²) in [6.45, 7) is 2.15. The number of hydrazone groups is 1. The lowest BCUT2D eigenvalue weighted by Crippen LogP contribution is -2.49. The number of carbonyl (C=O) groups excluding carboxylic acids is 1. The Morgan fingerprint density at radius 3 is 2.54 bits per heavy atom. The topological polar surface area (TPSA) is 109 Å². The third-order valence-corrected chi connectivity index (χ3v) is 6.81. The minimum absolute atomic E-state index is 0.173. The molecule has 0 saturated heterocycles. The van der Waals surface area contributed by atoms with Crippen molar-refractivity contribution in [1.29, 1.82) is 0 Å². The Hall–Kier alpha value is -1.57. The number of carbonyl (C=O) groups is 1. The second kappa shape index (κ2) is 6.06. The molecule has 0 spiro atoms. The molecule has 0 atom stereocenters. The first kappa shape index (κ1) is 15.9. The van der Waals surface area contributed by atoms with Crippen LogP contribution in [-0.2, 0) is 4.79 Å². The Balaban J connectivity index is 1.41. The first-order valence-electron chi connectivity index (χ1n) is 8.67. The maximum Gasteiger partial charge on any atom is 0.240 e. The molecule has 4 aliphatic carbocycles. The van der Waals surface area contributed by atoms with Crippen LogP contribution in [0.1, 0.15) is 45.4 Å². The van der Waals surface area contributed by atoms with Gasteiger partial charge in [-0.15, -0.1) is 5.10 Å². The summed E-state index contributed by atoms with van der Waals surface area (Å²) in [5.41, 5.74) is 9.63. The molecule has 4 saturated carbocycles. The average molecular weight is 348 g/mol. The number of nitrogens with zero attached hydrogens (tertiary/aromatic N) is 3. The highest BCUT2D eigenvalue weighted by Crippen LogP contribution is 2.60. The molecule has 1 aromatic rings. The molecular weight excluding hydrogens is 324 g/mol. The number of hydrogen-bond donors (Lipinski definition) is 3. The molecule has 1 heterocycles. The number of thioether (sulfide) groups is 1. The molecule has 24 heavy (non-hydrogen) atoms. The van der Waals surface area contributed by atoms with Crippen molar-refractivity contribution in [2.75, 3.05) is 11.2 Å². The van der Waals surface area contributed by atoms with Crippen molar-refractivity contribution in [2.45, 2.75) is 50.6 Å². The van der Waals surface area contributed by atoms with Crippen molar-refractivity contribution in [2.24, 2.45) is 34.0 Å². The van der Waals surface area contributed by atoms with Gasteiger partial charge in [-0.2, -0.15) is 10.1 Å². The van der Waals surface area contributed by atoms with Gasteiger partial charge >= 0.3 is 0 Å². The molecule has 8 heteroatoms. The molecule has 1 amide bonds. The predicted octanol–water partition coefficient (Wildman–Crippen LogP) is 2.39. The number of nitrogens with one attached hydrogen (secondary N) is 2. The number of anilines is 1. The van der Waals surface area contributed by atoms with E-state index in [0.717, 1.165) is 17.8 Å². The second-order valence-corrected chi connectivity index (χ2v) is 8.67. The number of rotatable bonds is 6. The molecule has 0 radical (unpaired) electrons. The van der Waals surface area contributed by atoms with Crippen LogP contribution < -0.4 is 11.2 Å². The third-order valence-electron chi connectivity index (χ3n) is 5.94. The Labute approximate surface area is 145 Å². The summed E-state index contributed by atoms with van der Waals surface area (Å²) < 4.78 is 0. The van der Waals surface area contributed by atoms with Crippen LogP contribution in [0.4, 0.5) is 5.95 Å². The van der Waals surface area contributed by atoms with Crippen LogP contribution in [-0.4, -0.2) is 32.6 Å². The summed E-state index contributed by atoms with van der Waals surface area (Å²) in [7, 11) is 0. The van der Waals surface area contributed by atoms with Gasteiger partial charge < -0.3 is 5.73 Å². The van der Waals surface area contributed by atoms with E-state index in [9.17, 15) is 4.79 Å². The maximum atomic E-state index is 10.8. The minimum Gasteiger partial charge on any atom is -0.369 e. The van der Waals surface area contributed by atoms with E-state index in [0.29, 0.717) is 16.5 Å². The van der Waals surface area contributed by atoms with Crippen LogP contribution in [0.2, 0.25) is 0 Å². The normalized spacial score (nSPS) is 34.5. The van der Waals surface area contributed by atoms with Crippen molar-refractivity contribution in [1.82, 2.24) is 15.2 Å². The van der Waals surface area contributed by atoms with Crippen LogP contribution in [0.25, 0.3) is 0 Å². The smallest absolute Gasteiger partial charge is 0.240 e. The summed E-state index contributed by atoms with van der Waals surface area (Å²) in [5.74, 6) is 3.02. The molecule has 4 fully saturated rings. The Morgan fingerprint density at radius 1 is 1.33 bits per heavy atom. The number of amides is 1. The van der Waals surface area contributed by atoms with Gasteiger partial charge in [0.15, 0.2) is 0 Å². The van der Waals surface area contributed by atoms with Crippen molar-refractivity contribution < 1.29 is 4.79 Å². The number of hydrogen-bond acceptors (Lipinski definition) is 6. The fraction of sp³-hybridized carbons (Fsp3) is 0.750. The van der Waals surface area contributed by atoms with Gasteiger partial charge in [-0.3, -0.25) is 4.79 Å². The van der Waals surface area contributed by atoms with E-state index >= 15 is 0 Å². The summed E-state index contributed by atoms with van der Waals surface area (Å²) in [5, 5.41) is 12.0. The first-order chi connectivity index (χ1) is 11.5. The maximum absolute atomic E-state index is 10.8. The zero-order chi connectivity index (χ0) is 16.7. The number of H-pyrrole nitrogens is 1. The van der Waals surface area contributed by atoms with Gasteiger partial charge in [0.2, 0.25) is 17.0 Å². The van der Waals surface area contributed by atoms with Gasteiger partial charge in [0.25, 0.3) is 0 Å². The number of aromatic amines is 1. The molecule has 4 N–H and O–H groups in total. The van der Waals surface area contributed by atoms with Gasteiger partial charge in [0.1, 0.15) is 0 Å². The molecule has 7 nitrogen and oxygen atoms in total. The highest BCUT2D eigenvalue weighted by Gasteiger charge is 2.52. The molecule has 0 aliphatic heterocycles. The van der Waals surface area contributed by atoms with Crippen LogP contribution in [0.15, 0.2) is 10.3 Å². The first-order valence-corrected chi connectivity index (χ1v) is 9.65. The van der Waals surface area contributed by atoms with E-state index in [1.165, 1.54) is 56.0 Å². The lowest BCUT2D eigenvalue weighted by atomic mass is 9.48. The van der Waals surface area contributed by atoms with Crippen LogP contribution in [0.5, 0.6) is 0 Å². The van der Waals surface area contributed by atoms with Crippen molar-refractivity contribution in [3.8, 4) is 0 Å². The zero-order valence-electron chi connectivity index (χ0n) is 13.9. The van der Waals surface area contributed by atoms with E-state index in [1.807, 2.05) is 0 Å². The monoisotopic (exact) mass is 348 g/mol. The summed E-state index contributed by atoms with van der Waals surface area (Å²) in [6, 6.07) is 0. The summed E-state index contributed by atoms with van der Waals surface area (Å²) in [6.07, 6.45) is 8.19. The van der Waals surface area contributed by atoms with Gasteiger partial charge in [0.05, 0.1) is 5.75 Å². The average Bonchev–Trinajstić information content (AvgIpc) is 2.97. The minimum atomic E-state index is -0.380. The Morgan fingerprint density at radius 2 is 1.96 bits per heavy atom. The largest absolute Gasteiger partial charge is 0.369 e. The fourth-order valence-corrected chi connectivity index (χ4v) is 5.84. The molecular formula is C16H24N6OS. The summed E-state index contributed by atoms with van der Waals surface area (Å²) >= 11 is 1.21. The van der Waals surface area contributed by atoms with E-state index in [1.54, 1.807) is 0 Å². The van der Waals surface area contributed by atoms with E-state index in [-0.39, 0.29) is 11.7 Å². The fourth-order valence-electron chi connectivity index (χ4n) is 5.31. The molecule has 5 rings (SSSR count). The quantitative estimate of drug-likeness (QED) is 0.415. The molecule has 4 aliphatic rings. The molecule has 0 unspecified atom stereocenters. The van der Waals surface area contributed by atoms with E-state index in [4.69, 9.17) is 5.73 Å². The SMILES string of the molecule is C/C(=N\Nc1nc(SCC(N)=O)n[nH]1)C12CC3CC(CC(C3)C1)C2. The van der Waals surface area contributed by atoms with Crippen molar-refractivity contribution in [3.63, 3.8) is 0 Å². The Bertz CT molecular complexity index is 634. The van der Waals surface area contributed by atoms with Crippen LogP contribution in [0.3, 0.4) is 0 Å². The number of nitrogens with two attached hydrogens (primary N) is 1. The molecule has 1 aromatic heterocycles. The Kier molecular flexibility index (Phi) is 4.02. The highest BCUT2D eigenvalue weighted by molar-refractivity contribution is 7.99. The number of primary amides is 1. The zero-order valence-corrected chi connectivity index (χ0v) is 14.7. The lowest BCUT2D eigenvalue weighted by Gasteiger charge is -2.56. The van der Waals surface area contributed by atoms with Crippen LogP contribution >= 0.6 is 11.8 Å². The van der Waals surface area contributed by atoms with Crippen molar-refractivity contribution in [3.05, 3.63) is 0 Å². The highest BCUT2D eigenvalue weighted by atomic mass is 32.2. The molecule has 130 valence electrons. The summed E-state index contributed by atoms with van der Waals surface area (Å²) in [4.78, 5) is 15.1. The van der Waals surface area contributed by atoms with Crippen molar-refractivity contribution >= 4 is 29.3 Å². The van der Waals surface area contributed by atoms with E-state index < -0.39 is 0 Å². The van der Waals surface area contributed by atoms with E-state index in [2.05, 4.69) is 32.6 Å². The van der Waals surface area contributed by atoms with Gasteiger partial charge in [-0.1, -0.05) is 11.8 Å². The lowest BCUT2D eigenvalue weighted by molar-refractivity contribution is -0.115. The number of aromatic nitrogens is 3. The second-order valence-electron chi connectivity index (χ2n) is 7.73. The van der Waals surface area contributed by atoms with Gasteiger partial charge in [-0.25, -0.2) is 10.5 Å². The molecule has 0 aromatic carbocycles. The standard InChI is InChI=1S/C16H24N6OS/c1-9(16-5-10-2-11(6-16)4-12(3-10)7-16)19-20-14-18-15(22-21-14)24-8-13(17)23/h10-12H,2-8H2,1H3,(H2,17,23)(H2,18,20,21,22)/b19-9+. The van der Waals surface area contributed by atoms with Gasteiger partial charge in [0, 0.05) is 11.1 Å². The van der Waals surface area contributed by atoms with Gasteiger partial charge in [-0.05, 0) is 63.2 Å².